The smallest absolute Gasteiger partial charge is 0.246 e. The van der Waals surface area contributed by atoms with Gasteiger partial charge in [0.25, 0.3) is 0 Å². The van der Waals surface area contributed by atoms with Gasteiger partial charge in [0.1, 0.15) is 6.61 Å². The fourth-order valence-electron chi connectivity index (χ4n) is 1.43. The Morgan fingerprint density at radius 2 is 2.31 bits per heavy atom. The second-order valence-electron chi connectivity index (χ2n) is 4.31. The van der Waals surface area contributed by atoms with Crippen LogP contribution in [0.25, 0.3) is 0 Å². The van der Waals surface area contributed by atoms with Crippen LogP contribution in [0.2, 0.25) is 0 Å². The topological polar surface area (TPSA) is 74.1 Å². The second-order valence-corrected chi connectivity index (χ2v) is 4.31. The molecule has 1 saturated heterocycles. The van der Waals surface area contributed by atoms with Gasteiger partial charge in [-0.1, -0.05) is 0 Å². The summed E-state index contributed by atoms with van der Waals surface area (Å²) in [4.78, 5) is 11.3. The number of nitrogens with zero attached hydrogens (tertiary/aromatic N) is 1. The molecule has 0 aromatic heterocycles. The van der Waals surface area contributed by atoms with Gasteiger partial charge in [0.2, 0.25) is 5.91 Å². The van der Waals surface area contributed by atoms with Crippen molar-refractivity contribution in [3.8, 4) is 6.07 Å². The van der Waals surface area contributed by atoms with Crippen LogP contribution in [0.1, 0.15) is 26.2 Å². The second kappa shape index (κ2) is 6.46. The predicted octanol–water partition coefficient (Wildman–Crippen LogP) is 0.175. The van der Waals surface area contributed by atoms with E-state index in [1.165, 1.54) is 0 Å². The third-order valence-electron chi connectivity index (χ3n) is 2.59. The fraction of sp³-hybridized carbons (Fsp3) is 0.818. The van der Waals surface area contributed by atoms with Gasteiger partial charge in [0, 0.05) is 26.1 Å². The van der Waals surface area contributed by atoms with Gasteiger partial charge in [-0.15, -0.1) is 0 Å². The number of carbonyl (C=O) groups is 1. The van der Waals surface area contributed by atoms with Gasteiger partial charge in [-0.2, -0.15) is 5.26 Å². The first-order valence-electron chi connectivity index (χ1n) is 5.65. The number of hydrogen-bond acceptors (Lipinski definition) is 4. The first kappa shape index (κ1) is 12.9. The fourth-order valence-corrected chi connectivity index (χ4v) is 1.43. The van der Waals surface area contributed by atoms with E-state index in [9.17, 15) is 4.79 Å². The zero-order valence-corrected chi connectivity index (χ0v) is 9.71. The average Bonchev–Trinajstić information content (AvgIpc) is 2.23. The van der Waals surface area contributed by atoms with E-state index in [-0.39, 0.29) is 18.1 Å². The van der Waals surface area contributed by atoms with E-state index < -0.39 is 0 Å². The van der Waals surface area contributed by atoms with E-state index in [2.05, 4.69) is 16.7 Å². The summed E-state index contributed by atoms with van der Waals surface area (Å²) < 4.78 is 5.48. The largest absolute Gasteiger partial charge is 0.363 e. The maximum absolute atomic E-state index is 11.3. The third kappa shape index (κ3) is 4.60. The van der Waals surface area contributed by atoms with E-state index in [4.69, 9.17) is 10.00 Å². The quantitative estimate of drug-likeness (QED) is 0.606. The zero-order valence-electron chi connectivity index (χ0n) is 9.71. The van der Waals surface area contributed by atoms with Crippen molar-refractivity contribution in [3.05, 3.63) is 0 Å². The van der Waals surface area contributed by atoms with E-state index in [1.807, 2.05) is 6.92 Å². The minimum atomic E-state index is -0.169. The van der Waals surface area contributed by atoms with Crippen LogP contribution in [0.15, 0.2) is 0 Å². The monoisotopic (exact) mass is 225 g/mol. The SMILES string of the molecule is CC1(OCC(=O)NCCCCC#N)CNC1. The van der Waals surface area contributed by atoms with Crippen LogP contribution in [-0.2, 0) is 9.53 Å². The first-order valence-corrected chi connectivity index (χ1v) is 5.65. The van der Waals surface area contributed by atoms with Crippen LogP contribution < -0.4 is 10.6 Å². The van der Waals surface area contributed by atoms with Crippen molar-refractivity contribution in [2.75, 3.05) is 26.2 Å². The van der Waals surface area contributed by atoms with Crippen molar-refractivity contribution in [1.82, 2.24) is 10.6 Å². The molecule has 1 heterocycles. The summed E-state index contributed by atoms with van der Waals surface area (Å²) in [6, 6.07) is 2.07. The molecule has 90 valence electrons. The molecule has 0 aliphatic carbocycles. The molecule has 0 aromatic rings. The Labute approximate surface area is 96.2 Å². The normalized spacial score (nSPS) is 17.2. The average molecular weight is 225 g/mol. The van der Waals surface area contributed by atoms with E-state index in [0.29, 0.717) is 13.0 Å². The lowest BCUT2D eigenvalue weighted by atomic mass is 10.0. The molecule has 0 atom stereocenters. The van der Waals surface area contributed by atoms with Crippen molar-refractivity contribution in [1.29, 1.82) is 5.26 Å². The molecule has 0 unspecified atom stereocenters. The predicted molar refractivity (Wildman–Crippen MR) is 59.7 cm³/mol. The van der Waals surface area contributed by atoms with Crippen molar-refractivity contribution >= 4 is 5.91 Å². The lowest BCUT2D eigenvalue weighted by Crippen LogP contribution is -2.59. The van der Waals surface area contributed by atoms with Crippen LogP contribution in [0, 0.1) is 11.3 Å². The van der Waals surface area contributed by atoms with E-state index >= 15 is 0 Å². The van der Waals surface area contributed by atoms with Gasteiger partial charge in [0.15, 0.2) is 0 Å². The molecule has 0 aromatic carbocycles. The maximum Gasteiger partial charge on any atom is 0.246 e. The molecule has 0 radical (unpaired) electrons. The molecule has 5 heteroatoms. The van der Waals surface area contributed by atoms with Crippen molar-refractivity contribution in [2.24, 2.45) is 0 Å². The molecule has 0 saturated carbocycles. The molecule has 2 N–H and O–H groups in total. The van der Waals surface area contributed by atoms with Crippen molar-refractivity contribution in [3.63, 3.8) is 0 Å². The highest BCUT2D eigenvalue weighted by molar-refractivity contribution is 5.77. The molecule has 1 fully saturated rings. The molecule has 1 rings (SSSR count). The number of nitriles is 1. The molecule has 1 aliphatic heterocycles. The Morgan fingerprint density at radius 1 is 1.56 bits per heavy atom. The minimum absolute atomic E-state index is 0.0786. The molecular formula is C11H19N3O2. The molecule has 1 amide bonds. The van der Waals surface area contributed by atoms with Gasteiger partial charge < -0.3 is 15.4 Å². The third-order valence-corrected chi connectivity index (χ3v) is 2.59. The highest BCUT2D eigenvalue weighted by Crippen LogP contribution is 2.14. The Bertz CT molecular complexity index is 269. The van der Waals surface area contributed by atoms with Gasteiger partial charge in [-0.05, 0) is 19.8 Å². The summed E-state index contributed by atoms with van der Waals surface area (Å²) >= 11 is 0. The molecule has 1 aliphatic rings. The van der Waals surface area contributed by atoms with Gasteiger partial charge in [-0.25, -0.2) is 0 Å². The summed E-state index contributed by atoms with van der Waals surface area (Å²) in [5, 5.41) is 14.2. The first-order chi connectivity index (χ1) is 7.66. The summed E-state index contributed by atoms with van der Waals surface area (Å²) in [5.74, 6) is -0.0786. The van der Waals surface area contributed by atoms with E-state index in [0.717, 1.165) is 25.9 Å². The van der Waals surface area contributed by atoms with Crippen LogP contribution >= 0.6 is 0 Å². The zero-order chi connectivity index (χ0) is 11.9. The molecular weight excluding hydrogens is 206 g/mol. The van der Waals surface area contributed by atoms with Crippen LogP contribution in [0.4, 0.5) is 0 Å². The number of carbonyl (C=O) groups excluding carboxylic acids is 1. The van der Waals surface area contributed by atoms with E-state index in [1.54, 1.807) is 0 Å². The Kier molecular flexibility index (Phi) is 5.23. The summed E-state index contributed by atoms with van der Waals surface area (Å²) in [6.07, 6.45) is 2.23. The van der Waals surface area contributed by atoms with Gasteiger partial charge >= 0.3 is 0 Å². The minimum Gasteiger partial charge on any atom is -0.363 e. The number of nitrogens with one attached hydrogen (secondary N) is 2. The standard InChI is InChI=1S/C11H19N3O2/c1-11(8-13-9-11)16-7-10(15)14-6-4-2-3-5-12/h13H,2-4,6-9H2,1H3,(H,14,15). The highest BCUT2D eigenvalue weighted by Gasteiger charge is 2.32. The van der Waals surface area contributed by atoms with Gasteiger partial charge in [0.05, 0.1) is 11.7 Å². The Balaban J connectivity index is 1.97. The van der Waals surface area contributed by atoms with Crippen molar-refractivity contribution in [2.45, 2.75) is 31.8 Å². The lowest BCUT2D eigenvalue weighted by Gasteiger charge is -2.38. The highest BCUT2D eigenvalue weighted by atomic mass is 16.5. The van der Waals surface area contributed by atoms with Crippen molar-refractivity contribution < 1.29 is 9.53 Å². The number of rotatable bonds is 7. The number of amides is 1. The number of ether oxygens (including phenoxy) is 1. The summed E-state index contributed by atoms with van der Waals surface area (Å²) in [7, 11) is 0. The number of hydrogen-bond donors (Lipinski definition) is 2. The Hall–Kier alpha value is -1.12. The summed E-state index contributed by atoms with van der Waals surface area (Å²) in [5.41, 5.74) is -0.169. The molecule has 0 bridgehead atoms. The van der Waals surface area contributed by atoms with Crippen LogP contribution in [0.3, 0.4) is 0 Å². The lowest BCUT2D eigenvalue weighted by molar-refractivity contribution is -0.135. The summed E-state index contributed by atoms with van der Waals surface area (Å²) in [6.45, 7) is 4.35. The molecule has 0 spiro atoms. The van der Waals surface area contributed by atoms with Gasteiger partial charge in [-0.3, -0.25) is 4.79 Å². The van der Waals surface area contributed by atoms with Crippen LogP contribution in [0.5, 0.6) is 0 Å². The molecule has 5 nitrogen and oxygen atoms in total. The maximum atomic E-state index is 11.3. The van der Waals surface area contributed by atoms with Crippen LogP contribution in [-0.4, -0.2) is 37.7 Å². The Morgan fingerprint density at radius 3 is 2.88 bits per heavy atom. The number of unbranched alkanes of at least 4 members (excludes halogenated alkanes) is 2. The molecule has 16 heavy (non-hydrogen) atoms.